The summed E-state index contributed by atoms with van der Waals surface area (Å²) in [6.45, 7) is 5.39. The number of rotatable bonds is 8. The number of hydrogen-bond donors (Lipinski definition) is 1. The van der Waals surface area contributed by atoms with Gasteiger partial charge in [0.25, 0.3) is 5.56 Å². The third-order valence-corrected chi connectivity index (χ3v) is 6.45. The van der Waals surface area contributed by atoms with Crippen molar-refractivity contribution in [3.8, 4) is 11.5 Å². The van der Waals surface area contributed by atoms with Gasteiger partial charge in [-0.3, -0.25) is 14.5 Å². The lowest BCUT2D eigenvalue weighted by atomic mass is 10.0. The Morgan fingerprint density at radius 1 is 1.21 bits per heavy atom. The molecule has 1 aliphatic rings. The number of ether oxygens (including phenoxy) is 2. The largest absolute Gasteiger partial charge is 0.497 e. The van der Waals surface area contributed by atoms with Crippen molar-refractivity contribution in [3.63, 3.8) is 0 Å². The van der Waals surface area contributed by atoms with Gasteiger partial charge in [0.15, 0.2) is 0 Å². The molecule has 0 saturated carbocycles. The summed E-state index contributed by atoms with van der Waals surface area (Å²) in [6, 6.07) is 13.0. The van der Waals surface area contributed by atoms with Crippen molar-refractivity contribution < 1.29 is 14.3 Å². The lowest BCUT2D eigenvalue weighted by Crippen LogP contribution is -2.43. The number of para-hydroxylation sites is 1. The Hall–Kier alpha value is -3.39. The fraction of sp³-hybridized carbons (Fsp3) is 0.423. The first-order valence-electron chi connectivity index (χ1n) is 11.6. The maximum absolute atomic E-state index is 13.5. The molecule has 8 heteroatoms. The number of carbonyl (C=O) groups is 1. The molecule has 1 atom stereocenters. The highest BCUT2D eigenvalue weighted by molar-refractivity contribution is 5.79. The highest BCUT2D eigenvalue weighted by Gasteiger charge is 2.33. The van der Waals surface area contributed by atoms with Crippen LogP contribution in [-0.2, 0) is 11.3 Å². The molecule has 1 saturated heterocycles. The van der Waals surface area contributed by atoms with Crippen LogP contribution in [0, 0.1) is 0 Å². The first-order chi connectivity index (χ1) is 16.4. The number of aromatic nitrogens is 2. The van der Waals surface area contributed by atoms with Gasteiger partial charge in [-0.15, -0.1) is 0 Å². The van der Waals surface area contributed by atoms with E-state index >= 15 is 0 Å². The minimum absolute atomic E-state index is 0.0456. The molecule has 1 amide bonds. The lowest BCUT2D eigenvalue weighted by molar-refractivity contribution is -0.134. The van der Waals surface area contributed by atoms with E-state index in [1.165, 1.54) is 0 Å². The van der Waals surface area contributed by atoms with Gasteiger partial charge in [-0.2, -0.15) is 0 Å². The smallest absolute Gasteiger partial charge is 0.258 e. The van der Waals surface area contributed by atoms with Gasteiger partial charge in [0.2, 0.25) is 5.91 Å². The zero-order valence-corrected chi connectivity index (χ0v) is 20.2. The molecule has 0 radical (unpaired) electrons. The van der Waals surface area contributed by atoms with Crippen LogP contribution in [0.5, 0.6) is 11.5 Å². The van der Waals surface area contributed by atoms with Gasteiger partial charge in [-0.25, -0.2) is 4.98 Å². The fourth-order valence-corrected chi connectivity index (χ4v) is 4.58. The number of benzene rings is 2. The van der Waals surface area contributed by atoms with Gasteiger partial charge in [-0.05, 0) is 57.0 Å². The van der Waals surface area contributed by atoms with E-state index in [9.17, 15) is 9.59 Å². The number of methoxy groups -OCH3 is 2. The molecule has 8 nitrogen and oxygen atoms in total. The molecule has 1 fully saturated rings. The molecular formula is C26H32N4O4. The molecule has 2 heterocycles. The summed E-state index contributed by atoms with van der Waals surface area (Å²) in [5.41, 5.74) is 1.45. The monoisotopic (exact) mass is 464 g/mol. The number of amides is 1. The molecule has 1 aliphatic heterocycles. The van der Waals surface area contributed by atoms with Gasteiger partial charge in [0.1, 0.15) is 17.3 Å². The van der Waals surface area contributed by atoms with E-state index in [2.05, 4.69) is 9.97 Å². The highest BCUT2D eigenvalue weighted by Crippen LogP contribution is 2.39. The summed E-state index contributed by atoms with van der Waals surface area (Å²) in [5, 5.41) is 0.561. The molecule has 1 unspecified atom stereocenters. The predicted octanol–water partition coefficient (Wildman–Crippen LogP) is 3.51. The number of fused-ring (bicyclic) bond motifs is 1. The van der Waals surface area contributed by atoms with Crippen LogP contribution in [0.15, 0.2) is 47.3 Å². The maximum atomic E-state index is 13.5. The van der Waals surface area contributed by atoms with Crippen LogP contribution in [0.3, 0.4) is 0 Å². The summed E-state index contributed by atoms with van der Waals surface area (Å²) >= 11 is 0. The number of nitrogens with one attached hydrogen (secondary N) is 1. The Kier molecular flexibility index (Phi) is 7.17. The van der Waals surface area contributed by atoms with Gasteiger partial charge in [-0.1, -0.05) is 12.1 Å². The fourth-order valence-electron chi connectivity index (χ4n) is 4.58. The van der Waals surface area contributed by atoms with E-state index in [4.69, 9.17) is 9.47 Å². The molecule has 1 aromatic heterocycles. The van der Waals surface area contributed by atoms with Gasteiger partial charge in [0.05, 0.1) is 44.3 Å². The second-order valence-corrected chi connectivity index (χ2v) is 8.88. The summed E-state index contributed by atoms with van der Waals surface area (Å²) in [7, 11) is 3.28. The molecule has 2 aromatic carbocycles. The predicted molar refractivity (Wildman–Crippen MR) is 131 cm³/mol. The van der Waals surface area contributed by atoms with Crippen LogP contribution < -0.4 is 15.0 Å². The van der Waals surface area contributed by atoms with Crippen molar-refractivity contribution in [1.29, 1.82) is 0 Å². The van der Waals surface area contributed by atoms with Crippen molar-refractivity contribution in [2.75, 3.05) is 27.3 Å². The van der Waals surface area contributed by atoms with E-state index in [0.29, 0.717) is 29.8 Å². The van der Waals surface area contributed by atoms with Crippen molar-refractivity contribution in [2.45, 2.75) is 45.3 Å². The molecule has 1 N–H and O–H groups in total. The summed E-state index contributed by atoms with van der Waals surface area (Å²) in [5.74, 6) is 2.09. The van der Waals surface area contributed by atoms with Crippen molar-refractivity contribution in [3.05, 3.63) is 64.2 Å². The second kappa shape index (κ2) is 10.3. The van der Waals surface area contributed by atoms with Crippen LogP contribution in [0.1, 0.15) is 44.1 Å². The van der Waals surface area contributed by atoms with E-state index in [-0.39, 0.29) is 30.1 Å². The van der Waals surface area contributed by atoms with E-state index < -0.39 is 0 Å². The molecule has 0 spiro atoms. The Balaban J connectivity index is 1.54. The van der Waals surface area contributed by atoms with Crippen molar-refractivity contribution >= 4 is 16.8 Å². The molecule has 34 heavy (non-hydrogen) atoms. The van der Waals surface area contributed by atoms with E-state index in [1.807, 2.05) is 60.0 Å². The molecule has 180 valence electrons. The Morgan fingerprint density at radius 3 is 2.74 bits per heavy atom. The molecule has 4 rings (SSSR count). The Morgan fingerprint density at radius 2 is 2.00 bits per heavy atom. The van der Waals surface area contributed by atoms with Gasteiger partial charge in [0, 0.05) is 18.2 Å². The minimum Gasteiger partial charge on any atom is -0.497 e. The first-order valence-corrected chi connectivity index (χ1v) is 11.6. The van der Waals surface area contributed by atoms with Crippen LogP contribution in [0.2, 0.25) is 0 Å². The van der Waals surface area contributed by atoms with E-state index in [1.54, 1.807) is 20.3 Å². The zero-order chi connectivity index (χ0) is 24.2. The first kappa shape index (κ1) is 23.8. The average Bonchev–Trinajstić information content (AvgIpc) is 3.33. The second-order valence-electron chi connectivity index (χ2n) is 8.88. The van der Waals surface area contributed by atoms with Crippen molar-refractivity contribution in [2.24, 2.45) is 0 Å². The number of likely N-dealkylation sites (tertiary alicyclic amines) is 1. The maximum Gasteiger partial charge on any atom is 0.258 e. The summed E-state index contributed by atoms with van der Waals surface area (Å²) in [6.07, 6.45) is 1.80. The number of aromatic amines is 1. The number of carbonyl (C=O) groups excluding carboxylic acids is 1. The number of H-pyrrole nitrogens is 1. The van der Waals surface area contributed by atoms with Gasteiger partial charge < -0.3 is 19.4 Å². The van der Waals surface area contributed by atoms with Crippen molar-refractivity contribution in [1.82, 2.24) is 19.8 Å². The number of hydrogen-bond acceptors (Lipinski definition) is 6. The Bertz CT molecular complexity index is 1220. The zero-order valence-electron chi connectivity index (χ0n) is 20.2. The average molecular weight is 465 g/mol. The summed E-state index contributed by atoms with van der Waals surface area (Å²) < 4.78 is 11.0. The van der Waals surface area contributed by atoms with Crippen LogP contribution in [-0.4, -0.2) is 59.0 Å². The molecular weight excluding hydrogens is 432 g/mol. The van der Waals surface area contributed by atoms with E-state index in [0.717, 1.165) is 29.9 Å². The summed E-state index contributed by atoms with van der Waals surface area (Å²) in [4.78, 5) is 37.4. The third-order valence-electron chi connectivity index (χ3n) is 6.45. The van der Waals surface area contributed by atoms with Crippen LogP contribution in [0.4, 0.5) is 0 Å². The molecule has 3 aromatic rings. The quantitative estimate of drug-likeness (QED) is 0.549. The van der Waals surface area contributed by atoms with Crippen LogP contribution >= 0.6 is 0 Å². The lowest BCUT2D eigenvalue weighted by Gasteiger charge is -2.31. The molecule has 0 bridgehead atoms. The normalized spacial score (nSPS) is 15.9. The SMILES string of the molecule is COc1ccc(OC)c(C2CCCN2C(=O)CN(Cc2nc3ccccc3c(=O)[nH]2)C(C)C)c1. The number of nitrogens with zero attached hydrogens (tertiary/aromatic N) is 3. The Labute approximate surface area is 199 Å². The highest BCUT2D eigenvalue weighted by atomic mass is 16.5. The standard InChI is InChI=1S/C26H32N4O4/c1-17(2)29(15-24-27-21-9-6-5-8-19(21)26(32)28-24)16-25(31)30-13-7-10-22(30)20-14-18(33-3)11-12-23(20)34-4/h5-6,8-9,11-12,14,17,22H,7,10,13,15-16H2,1-4H3,(H,27,28,32). The third kappa shape index (κ3) is 4.92. The van der Waals surface area contributed by atoms with Gasteiger partial charge >= 0.3 is 0 Å². The topological polar surface area (TPSA) is 87.8 Å². The minimum atomic E-state index is -0.166. The molecule has 0 aliphatic carbocycles. The van der Waals surface area contributed by atoms with Crippen LogP contribution in [0.25, 0.3) is 10.9 Å².